The molecule has 0 unspecified atom stereocenters. The summed E-state index contributed by atoms with van der Waals surface area (Å²) < 4.78 is 31.6. The van der Waals surface area contributed by atoms with Crippen LogP contribution in [0, 0.1) is 0 Å². The van der Waals surface area contributed by atoms with Crippen molar-refractivity contribution >= 4 is 10.4 Å². The van der Waals surface area contributed by atoms with Crippen molar-refractivity contribution in [3.63, 3.8) is 0 Å². The Morgan fingerprint density at radius 2 is 1.06 bits per heavy atom. The molecule has 0 fully saturated rings. The molecular formula is C5H7Cr2NO7S. The first-order valence-corrected chi connectivity index (χ1v) is 3.95. The summed E-state index contributed by atoms with van der Waals surface area (Å²) in [6, 6.07) is 5.72. The fraction of sp³-hybridized carbons (Fsp3) is 0. The van der Waals surface area contributed by atoms with E-state index in [9.17, 15) is 0 Å². The van der Waals surface area contributed by atoms with Gasteiger partial charge in [0.1, 0.15) is 0 Å². The van der Waals surface area contributed by atoms with Crippen LogP contribution in [0.5, 0.6) is 0 Å². The van der Waals surface area contributed by atoms with Crippen LogP contribution in [0.1, 0.15) is 0 Å². The second-order valence-corrected chi connectivity index (χ2v) is 2.37. The minimum Gasteiger partial charge on any atom is -2.00 e. The number of hydrogen-bond acceptors (Lipinski definition) is 3. The molecule has 2 radical (unpaired) electrons. The van der Waals surface area contributed by atoms with Crippen LogP contribution in [-0.4, -0.2) is 22.5 Å². The van der Waals surface area contributed by atoms with E-state index >= 15 is 0 Å². The molecule has 0 amide bonds. The first kappa shape index (κ1) is 36.0. The van der Waals surface area contributed by atoms with Crippen molar-refractivity contribution in [3.8, 4) is 0 Å². The maximum absolute atomic E-state index is 8.74. The molecule has 0 aromatic carbocycles. The molecule has 8 nitrogen and oxygen atoms in total. The Balaban J connectivity index is -0.0000000241. The largest absolute Gasteiger partial charge is 3.00 e. The van der Waals surface area contributed by atoms with Crippen LogP contribution >= 0.6 is 0 Å². The Morgan fingerprint density at radius 1 is 0.812 bits per heavy atom. The molecule has 0 bridgehead atoms. The van der Waals surface area contributed by atoms with E-state index in [1.54, 1.807) is 12.4 Å². The standard InChI is InChI=1S/C5H5N.2Cr.H2O4S.3O/c1-2-4-6-5-3-1;;;1-5(2,3)4;;;/h1-5H;;;(H2,1,2,3,4);;;/q;2*+3;;3*-2. The van der Waals surface area contributed by atoms with Crippen molar-refractivity contribution in [1.29, 1.82) is 0 Å². The summed E-state index contributed by atoms with van der Waals surface area (Å²) in [5.74, 6) is 0. The molecule has 0 saturated carbocycles. The molecule has 1 aromatic rings. The van der Waals surface area contributed by atoms with E-state index in [0.29, 0.717) is 0 Å². The zero-order valence-corrected chi connectivity index (χ0v) is 10.9. The van der Waals surface area contributed by atoms with E-state index in [-0.39, 0.29) is 51.2 Å². The van der Waals surface area contributed by atoms with Gasteiger partial charge in [0.2, 0.25) is 0 Å². The van der Waals surface area contributed by atoms with Gasteiger partial charge in [-0.25, -0.2) is 0 Å². The zero-order valence-electron chi connectivity index (χ0n) is 7.49. The smallest absolute Gasteiger partial charge is 2.00 e. The third-order valence-corrected chi connectivity index (χ3v) is 0.566. The minimum atomic E-state index is -4.67. The Morgan fingerprint density at radius 3 is 1.12 bits per heavy atom. The molecule has 0 atom stereocenters. The van der Waals surface area contributed by atoms with Crippen molar-refractivity contribution in [2.75, 3.05) is 0 Å². The van der Waals surface area contributed by atoms with Gasteiger partial charge in [0, 0.05) is 12.4 Å². The SMILES string of the molecule is O=S(=O)(O)O.[Cr+3].[Cr+3].[O-2].[O-2].[O-2].c1ccncc1. The van der Waals surface area contributed by atoms with Crippen LogP contribution in [0.4, 0.5) is 0 Å². The molecule has 2 N–H and O–H groups in total. The van der Waals surface area contributed by atoms with Gasteiger partial charge in [0.05, 0.1) is 0 Å². The number of hydrogen-bond donors (Lipinski definition) is 2. The summed E-state index contributed by atoms with van der Waals surface area (Å²) in [5.41, 5.74) is 0. The van der Waals surface area contributed by atoms with Crippen molar-refractivity contribution in [2.24, 2.45) is 0 Å². The second-order valence-electron chi connectivity index (χ2n) is 1.47. The summed E-state index contributed by atoms with van der Waals surface area (Å²) in [4.78, 5) is 3.78. The molecule has 1 aromatic heterocycles. The Kier molecular flexibility index (Phi) is 45.9. The van der Waals surface area contributed by atoms with Crippen molar-refractivity contribution in [1.82, 2.24) is 4.98 Å². The monoisotopic (exact) mass is 329 g/mol. The maximum atomic E-state index is 8.74. The Bertz CT molecular complexity index is 247. The van der Waals surface area contributed by atoms with E-state index in [2.05, 4.69) is 4.98 Å². The molecule has 0 saturated heterocycles. The molecule has 16 heavy (non-hydrogen) atoms. The molecule has 0 spiro atoms. The predicted octanol–water partition coefficient (Wildman–Crippen LogP) is 0.0674. The summed E-state index contributed by atoms with van der Waals surface area (Å²) in [6.07, 6.45) is 3.50. The summed E-state index contributed by atoms with van der Waals surface area (Å²) in [5, 5.41) is 0. The quantitative estimate of drug-likeness (QED) is 0.639. The average Bonchev–Trinajstić information content (AvgIpc) is 1.88. The molecule has 0 aliphatic heterocycles. The first-order valence-electron chi connectivity index (χ1n) is 2.55. The van der Waals surface area contributed by atoms with Crippen LogP contribution in [0.2, 0.25) is 0 Å². The van der Waals surface area contributed by atoms with Crippen molar-refractivity contribution < 1.29 is 68.7 Å². The Labute approximate surface area is 114 Å². The molecule has 0 aliphatic carbocycles. The van der Waals surface area contributed by atoms with Gasteiger partial charge in [-0.1, -0.05) is 6.07 Å². The van der Waals surface area contributed by atoms with Gasteiger partial charge in [0.25, 0.3) is 0 Å². The van der Waals surface area contributed by atoms with Crippen LogP contribution < -0.4 is 0 Å². The Hall–Kier alpha value is -0.0351. The third kappa shape index (κ3) is 66.0. The number of pyridine rings is 1. The maximum Gasteiger partial charge on any atom is 3.00 e. The molecule has 1 heterocycles. The normalized spacial score (nSPS) is 6.62. The van der Waals surface area contributed by atoms with E-state index in [1.807, 2.05) is 18.2 Å². The molecule has 11 heteroatoms. The fourth-order valence-corrected chi connectivity index (χ4v) is 0.313. The number of nitrogens with zero attached hydrogens (tertiary/aromatic N) is 1. The van der Waals surface area contributed by atoms with Crippen LogP contribution in [0.15, 0.2) is 30.6 Å². The fourth-order valence-electron chi connectivity index (χ4n) is 0.313. The molecule has 1 rings (SSSR count). The van der Waals surface area contributed by atoms with E-state index in [4.69, 9.17) is 17.5 Å². The van der Waals surface area contributed by atoms with Gasteiger partial charge in [0.15, 0.2) is 0 Å². The molecule has 92 valence electrons. The predicted molar refractivity (Wildman–Crippen MR) is 40.5 cm³/mol. The topological polar surface area (TPSA) is 173 Å². The van der Waals surface area contributed by atoms with Crippen LogP contribution in [0.25, 0.3) is 0 Å². The van der Waals surface area contributed by atoms with Gasteiger partial charge < -0.3 is 16.4 Å². The van der Waals surface area contributed by atoms with Crippen LogP contribution in [-0.2, 0) is 61.5 Å². The summed E-state index contributed by atoms with van der Waals surface area (Å²) >= 11 is 0. The van der Waals surface area contributed by atoms with Gasteiger partial charge in [-0.3, -0.25) is 14.1 Å². The number of aromatic nitrogens is 1. The van der Waals surface area contributed by atoms with E-state index in [0.717, 1.165) is 0 Å². The van der Waals surface area contributed by atoms with E-state index in [1.165, 1.54) is 0 Å². The summed E-state index contributed by atoms with van der Waals surface area (Å²) in [6.45, 7) is 0. The molecule has 0 aliphatic rings. The van der Waals surface area contributed by atoms with Gasteiger partial charge in [-0.05, 0) is 12.1 Å². The second kappa shape index (κ2) is 20.4. The zero-order chi connectivity index (χ0) is 8.74. The first-order chi connectivity index (χ1) is 5.00. The van der Waals surface area contributed by atoms with E-state index < -0.39 is 10.4 Å². The number of rotatable bonds is 0. The third-order valence-electron chi connectivity index (χ3n) is 0.566. The van der Waals surface area contributed by atoms with Gasteiger partial charge in [-0.2, -0.15) is 8.42 Å². The van der Waals surface area contributed by atoms with Crippen LogP contribution in [0.3, 0.4) is 0 Å². The van der Waals surface area contributed by atoms with Gasteiger partial charge >= 0.3 is 45.1 Å². The molecular weight excluding hydrogens is 322 g/mol. The van der Waals surface area contributed by atoms with Crippen molar-refractivity contribution in [3.05, 3.63) is 30.6 Å². The van der Waals surface area contributed by atoms with Crippen molar-refractivity contribution in [2.45, 2.75) is 0 Å². The van der Waals surface area contributed by atoms with Gasteiger partial charge in [-0.15, -0.1) is 0 Å². The minimum absolute atomic E-state index is 0. The average molecular weight is 329 g/mol. The summed E-state index contributed by atoms with van der Waals surface area (Å²) in [7, 11) is -4.67.